The van der Waals surface area contributed by atoms with Gasteiger partial charge in [-0.25, -0.2) is 4.39 Å². The van der Waals surface area contributed by atoms with Crippen LogP contribution in [0.5, 0.6) is 0 Å². The van der Waals surface area contributed by atoms with Crippen molar-refractivity contribution in [3.63, 3.8) is 0 Å². The highest BCUT2D eigenvalue weighted by molar-refractivity contribution is 8.00. The second kappa shape index (κ2) is 11.4. The smallest absolute Gasteiger partial charge is 0.287 e. The van der Waals surface area contributed by atoms with Gasteiger partial charge in [-0.3, -0.25) is 25.2 Å². The quantitative estimate of drug-likeness (QED) is 0.421. The maximum atomic E-state index is 13.5. The number of hydrazine groups is 1. The summed E-state index contributed by atoms with van der Waals surface area (Å²) < 4.78 is 18.6. The topological polar surface area (TPSA) is 100 Å². The molecular weight excluding hydrogens is 405 g/mol. The Morgan fingerprint density at radius 3 is 2.61 bits per heavy atom. The first-order valence-corrected chi connectivity index (χ1v) is 10.7. The number of thioether (sulfide) groups is 2. The molecule has 0 fully saturated rings. The van der Waals surface area contributed by atoms with Crippen molar-refractivity contribution < 1.29 is 23.2 Å². The highest BCUT2D eigenvalue weighted by Crippen LogP contribution is 2.20. The lowest BCUT2D eigenvalue weighted by Gasteiger charge is -2.17. The summed E-state index contributed by atoms with van der Waals surface area (Å²) in [5.41, 5.74) is 4.57. The second-order valence-corrected chi connectivity index (χ2v) is 7.54. The minimum absolute atomic E-state index is 0.0740. The molecule has 28 heavy (non-hydrogen) atoms. The summed E-state index contributed by atoms with van der Waals surface area (Å²) in [5.74, 6) is -1.34. The minimum Gasteiger partial charge on any atom is -0.459 e. The predicted octanol–water partition coefficient (Wildman–Crippen LogP) is 2.21. The van der Waals surface area contributed by atoms with E-state index in [1.807, 2.05) is 6.26 Å². The number of hydrogen-bond acceptors (Lipinski definition) is 6. The number of carbonyl (C=O) groups excluding carboxylic acids is 3. The Hall–Kier alpha value is -2.46. The van der Waals surface area contributed by atoms with Gasteiger partial charge in [0.1, 0.15) is 11.9 Å². The molecule has 1 aromatic heterocycles. The third-order valence-corrected chi connectivity index (χ3v) is 5.19. The van der Waals surface area contributed by atoms with Gasteiger partial charge in [0.15, 0.2) is 5.76 Å². The zero-order valence-electron chi connectivity index (χ0n) is 15.1. The summed E-state index contributed by atoms with van der Waals surface area (Å²) in [6.07, 6.45) is 3.61. The molecule has 0 radical (unpaired) electrons. The molecule has 150 valence electrons. The van der Waals surface area contributed by atoms with Crippen LogP contribution in [-0.2, 0) is 9.59 Å². The summed E-state index contributed by atoms with van der Waals surface area (Å²) in [6.45, 7) is 0. The Bertz CT molecular complexity index is 802. The number of halogens is 1. The molecule has 1 unspecified atom stereocenters. The molecule has 2 aromatic rings. The van der Waals surface area contributed by atoms with Crippen molar-refractivity contribution in [3.05, 3.63) is 54.2 Å². The zero-order chi connectivity index (χ0) is 20.4. The molecule has 7 nitrogen and oxygen atoms in total. The first-order chi connectivity index (χ1) is 13.5. The summed E-state index contributed by atoms with van der Waals surface area (Å²) >= 11 is 2.54. The molecule has 0 aliphatic carbocycles. The summed E-state index contributed by atoms with van der Waals surface area (Å²) in [6, 6.07) is 8.31. The van der Waals surface area contributed by atoms with Crippen LogP contribution in [0.2, 0.25) is 0 Å². The summed E-state index contributed by atoms with van der Waals surface area (Å²) in [7, 11) is 0. The maximum absolute atomic E-state index is 13.5. The fraction of sp³-hybridized carbons (Fsp3) is 0.278. The third kappa shape index (κ3) is 6.93. The van der Waals surface area contributed by atoms with Gasteiger partial charge in [0.05, 0.1) is 12.0 Å². The van der Waals surface area contributed by atoms with Gasteiger partial charge in [-0.15, -0.1) is 11.8 Å². The Labute approximate surface area is 170 Å². The van der Waals surface area contributed by atoms with E-state index in [1.54, 1.807) is 24.3 Å². The number of benzene rings is 1. The van der Waals surface area contributed by atoms with Crippen LogP contribution >= 0.6 is 23.5 Å². The lowest BCUT2D eigenvalue weighted by atomic mass is 10.2. The molecule has 0 spiro atoms. The van der Waals surface area contributed by atoms with Gasteiger partial charge in [0.25, 0.3) is 11.8 Å². The number of hydrogen-bond donors (Lipinski definition) is 3. The number of furan rings is 1. The van der Waals surface area contributed by atoms with E-state index >= 15 is 0 Å². The van der Waals surface area contributed by atoms with Crippen molar-refractivity contribution in [3.8, 4) is 0 Å². The van der Waals surface area contributed by atoms with Crippen molar-refractivity contribution in [1.29, 1.82) is 0 Å². The molecule has 3 N–H and O–H groups in total. The molecule has 0 saturated heterocycles. The molecule has 1 heterocycles. The fourth-order valence-corrected chi connectivity index (χ4v) is 3.31. The number of amides is 3. The second-order valence-electron chi connectivity index (χ2n) is 5.54. The van der Waals surface area contributed by atoms with E-state index < -0.39 is 29.6 Å². The van der Waals surface area contributed by atoms with Crippen LogP contribution in [-0.4, -0.2) is 41.5 Å². The highest BCUT2D eigenvalue weighted by atomic mass is 32.2. The Balaban J connectivity index is 1.83. The van der Waals surface area contributed by atoms with Crippen LogP contribution in [0.1, 0.15) is 17.0 Å². The van der Waals surface area contributed by atoms with Crippen molar-refractivity contribution >= 4 is 41.2 Å². The molecule has 0 aliphatic heterocycles. The van der Waals surface area contributed by atoms with E-state index in [-0.39, 0.29) is 11.5 Å². The minimum atomic E-state index is -0.843. The van der Waals surface area contributed by atoms with Crippen LogP contribution in [0.25, 0.3) is 0 Å². The van der Waals surface area contributed by atoms with Crippen LogP contribution in [0.15, 0.2) is 52.0 Å². The number of nitrogens with one attached hydrogen (secondary N) is 3. The third-order valence-electron chi connectivity index (χ3n) is 3.50. The van der Waals surface area contributed by atoms with Crippen LogP contribution in [0, 0.1) is 5.82 Å². The van der Waals surface area contributed by atoms with Crippen molar-refractivity contribution in [2.24, 2.45) is 0 Å². The summed E-state index contributed by atoms with van der Waals surface area (Å²) in [5, 5.41) is 2.58. The highest BCUT2D eigenvalue weighted by Gasteiger charge is 2.22. The van der Waals surface area contributed by atoms with E-state index in [9.17, 15) is 18.8 Å². The first kappa shape index (κ1) is 21.8. The Morgan fingerprint density at radius 2 is 1.93 bits per heavy atom. The molecule has 0 aliphatic rings. The normalized spacial score (nSPS) is 11.5. The van der Waals surface area contributed by atoms with E-state index in [4.69, 9.17) is 4.42 Å². The Morgan fingerprint density at radius 1 is 1.14 bits per heavy atom. The van der Waals surface area contributed by atoms with Crippen LogP contribution in [0.4, 0.5) is 4.39 Å². The molecule has 1 atom stereocenters. The molecule has 3 amide bonds. The Kier molecular flexibility index (Phi) is 8.89. The maximum Gasteiger partial charge on any atom is 0.287 e. The van der Waals surface area contributed by atoms with Gasteiger partial charge in [-0.1, -0.05) is 12.1 Å². The van der Waals surface area contributed by atoms with Crippen molar-refractivity contribution in [2.75, 3.05) is 17.8 Å². The molecule has 2 rings (SSSR count). The van der Waals surface area contributed by atoms with Gasteiger partial charge in [-0.05, 0) is 42.7 Å². The molecule has 0 saturated carbocycles. The lowest BCUT2D eigenvalue weighted by molar-refractivity contribution is -0.128. The molecule has 0 bridgehead atoms. The van der Waals surface area contributed by atoms with Gasteiger partial charge < -0.3 is 9.73 Å². The van der Waals surface area contributed by atoms with Crippen LogP contribution in [0.3, 0.4) is 0 Å². The molecule has 1 aromatic carbocycles. The standard InChI is InChI=1S/C18H20FN3O4S2/c1-27-10-8-13(20-18(25)14-6-4-9-26-14)17(24)22-21-16(23)11-28-15-7-3-2-5-12(15)19/h2-7,9,13H,8,10-11H2,1H3,(H,20,25)(H,21,23)(H,22,24). The van der Waals surface area contributed by atoms with Crippen LogP contribution < -0.4 is 16.2 Å². The fourth-order valence-electron chi connectivity index (χ4n) is 2.10. The van der Waals surface area contributed by atoms with Crippen molar-refractivity contribution in [1.82, 2.24) is 16.2 Å². The predicted molar refractivity (Wildman–Crippen MR) is 106 cm³/mol. The van der Waals surface area contributed by atoms with E-state index in [2.05, 4.69) is 16.2 Å². The van der Waals surface area contributed by atoms with E-state index in [1.165, 1.54) is 30.2 Å². The molecular formula is C18H20FN3O4S2. The van der Waals surface area contributed by atoms with Gasteiger partial charge in [-0.2, -0.15) is 11.8 Å². The SMILES string of the molecule is CSCCC(NC(=O)c1ccco1)C(=O)NNC(=O)CSc1ccccc1F. The average molecular weight is 426 g/mol. The molecule has 10 heteroatoms. The largest absolute Gasteiger partial charge is 0.459 e. The number of rotatable bonds is 9. The first-order valence-electron chi connectivity index (χ1n) is 8.30. The van der Waals surface area contributed by atoms with E-state index in [0.29, 0.717) is 17.1 Å². The van der Waals surface area contributed by atoms with Gasteiger partial charge in [0.2, 0.25) is 5.91 Å². The lowest BCUT2D eigenvalue weighted by Crippen LogP contribution is -2.52. The number of carbonyl (C=O) groups is 3. The van der Waals surface area contributed by atoms with Gasteiger partial charge in [0, 0.05) is 4.90 Å². The zero-order valence-corrected chi connectivity index (χ0v) is 16.7. The summed E-state index contributed by atoms with van der Waals surface area (Å²) in [4.78, 5) is 36.7. The average Bonchev–Trinajstić information content (AvgIpc) is 3.23. The van der Waals surface area contributed by atoms with E-state index in [0.717, 1.165) is 11.8 Å². The van der Waals surface area contributed by atoms with Gasteiger partial charge >= 0.3 is 0 Å². The monoisotopic (exact) mass is 425 g/mol. The van der Waals surface area contributed by atoms with Crippen molar-refractivity contribution in [2.45, 2.75) is 17.4 Å².